The first kappa shape index (κ1) is 16.9. The van der Waals surface area contributed by atoms with Crippen molar-refractivity contribution in [3.05, 3.63) is 0 Å². The maximum Gasteiger partial charge on any atom is 0.305 e. The highest BCUT2D eigenvalue weighted by Gasteiger charge is 2.03. The van der Waals surface area contributed by atoms with Crippen LogP contribution in [0.4, 0.5) is 0 Å². The third-order valence-corrected chi connectivity index (χ3v) is 2.20. The minimum Gasteiger partial charge on any atom is -0.481 e. The van der Waals surface area contributed by atoms with Gasteiger partial charge in [0.05, 0.1) is 19.8 Å². The lowest BCUT2D eigenvalue weighted by atomic mass is 10.2. The molecule has 0 fully saturated rings. The zero-order chi connectivity index (χ0) is 13.6. The average molecular weight is 262 g/mol. The number of ether oxygens (including phenoxy) is 2. The van der Waals surface area contributed by atoms with E-state index in [9.17, 15) is 9.59 Å². The van der Waals surface area contributed by atoms with Crippen LogP contribution in [-0.4, -0.2) is 48.6 Å². The summed E-state index contributed by atoms with van der Waals surface area (Å²) in [6, 6.07) is 0. The van der Waals surface area contributed by atoms with Crippen molar-refractivity contribution in [2.75, 3.05) is 26.4 Å². The van der Waals surface area contributed by atoms with Gasteiger partial charge >= 0.3 is 11.9 Å². The fourth-order valence-electron chi connectivity index (χ4n) is 1.28. The monoisotopic (exact) mass is 262 g/mol. The van der Waals surface area contributed by atoms with E-state index in [1.54, 1.807) is 0 Å². The molecule has 2 N–H and O–H groups in total. The van der Waals surface area contributed by atoms with Crippen LogP contribution in [0.5, 0.6) is 0 Å². The second kappa shape index (κ2) is 12.3. The van der Waals surface area contributed by atoms with Crippen LogP contribution in [0.15, 0.2) is 0 Å². The Kier molecular flexibility index (Phi) is 11.5. The Balaban J connectivity index is 3.19. The van der Waals surface area contributed by atoms with Crippen molar-refractivity contribution in [2.24, 2.45) is 0 Å². The lowest BCUT2D eigenvalue weighted by Gasteiger charge is -2.05. The fourth-order valence-corrected chi connectivity index (χ4v) is 1.28. The maximum absolute atomic E-state index is 11.2. The van der Waals surface area contributed by atoms with E-state index in [0.29, 0.717) is 32.7 Å². The van der Waals surface area contributed by atoms with E-state index in [1.807, 2.05) is 0 Å². The van der Waals surface area contributed by atoms with Crippen molar-refractivity contribution in [1.29, 1.82) is 0 Å². The van der Waals surface area contributed by atoms with Crippen LogP contribution < -0.4 is 0 Å². The molecule has 6 heteroatoms. The van der Waals surface area contributed by atoms with Crippen molar-refractivity contribution in [2.45, 2.75) is 38.5 Å². The van der Waals surface area contributed by atoms with Gasteiger partial charge in [-0.25, -0.2) is 0 Å². The molecule has 0 heterocycles. The van der Waals surface area contributed by atoms with E-state index in [2.05, 4.69) is 0 Å². The SMILES string of the molecule is O=C(O)CCCCC(=O)OCCCCOCCO. The first-order chi connectivity index (χ1) is 8.66. The van der Waals surface area contributed by atoms with Gasteiger partial charge in [0.15, 0.2) is 0 Å². The highest BCUT2D eigenvalue weighted by atomic mass is 16.5. The Bertz CT molecular complexity index is 229. The van der Waals surface area contributed by atoms with Gasteiger partial charge < -0.3 is 19.7 Å². The first-order valence-electron chi connectivity index (χ1n) is 6.23. The molecule has 0 aromatic carbocycles. The molecule has 0 aliphatic carbocycles. The summed E-state index contributed by atoms with van der Waals surface area (Å²) in [6.07, 6.45) is 2.92. The normalized spacial score (nSPS) is 10.3. The number of unbranched alkanes of at least 4 members (excludes halogenated alkanes) is 2. The van der Waals surface area contributed by atoms with Crippen LogP contribution in [-0.2, 0) is 19.1 Å². The molecule has 0 rings (SSSR count). The molecule has 0 saturated carbocycles. The Hall–Kier alpha value is -1.14. The van der Waals surface area contributed by atoms with E-state index in [-0.39, 0.29) is 25.4 Å². The Morgan fingerprint density at radius 3 is 2.22 bits per heavy atom. The molecule has 0 bridgehead atoms. The number of hydrogen-bond acceptors (Lipinski definition) is 5. The molecule has 6 nitrogen and oxygen atoms in total. The van der Waals surface area contributed by atoms with Gasteiger partial charge in [-0.2, -0.15) is 0 Å². The number of carboxylic acid groups (broad SMARTS) is 1. The topological polar surface area (TPSA) is 93.1 Å². The van der Waals surface area contributed by atoms with Gasteiger partial charge in [0.2, 0.25) is 0 Å². The van der Waals surface area contributed by atoms with Gasteiger partial charge in [0.25, 0.3) is 0 Å². The van der Waals surface area contributed by atoms with Crippen LogP contribution >= 0.6 is 0 Å². The zero-order valence-electron chi connectivity index (χ0n) is 10.6. The van der Waals surface area contributed by atoms with Crippen LogP contribution in [0, 0.1) is 0 Å². The number of aliphatic carboxylic acids is 1. The minimum atomic E-state index is -0.841. The molecule has 0 spiro atoms. The van der Waals surface area contributed by atoms with Gasteiger partial charge in [0, 0.05) is 19.4 Å². The Morgan fingerprint density at radius 1 is 0.889 bits per heavy atom. The number of hydrogen-bond donors (Lipinski definition) is 2. The summed E-state index contributed by atoms with van der Waals surface area (Å²) in [5.41, 5.74) is 0. The Labute approximate surface area is 107 Å². The molecule has 0 aliphatic rings. The third-order valence-electron chi connectivity index (χ3n) is 2.20. The largest absolute Gasteiger partial charge is 0.481 e. The molecule has 0 unspecified atom stereocenters. The van der Waals surface area contributed by atoms with Crippen molar-refractivity contribution >= 4 is 11.9 Å². The average Bonchev–Trinajstić information content (AvgIpc) is 2.33. The van der Waals surface area contributed by atoms with E-state index >= 15 is 0 Å². The number of carbonyl (C=O) groups excluding carboxylic acids is 1. The predicted octanol–water partition coefficient (Wildman–Crippen LogP) is 0.964. The number of carbonyl (C=O) groups is 2. The zero-order valence-corrected chi connectivity index (χ0v) is 10.6. The quantitative estimate of drug-likeness (QED) is 0.402. The fraction of sp³-hybridized carbons (Fsp3) is 0.833. The van der Waals surface area contributed by atoms with Gasteiger partial charge in [-0.05, 0) is 25.7 Å². The molecule has 0 aromatic heterocycles. The third kappa shape index (κ3) is 12.9. The number of aliphatic hydroxyl groups excluding tert-OH is 1. The lowest BCUT2D eigenvalue weighted by molar-refractivity contribution is -0.144. The van der Waals surface area contributed by atoms with E-state index < -0.39 is 5.97 Å². The maximum atomic E-state index is 11.2. The highest BCUT2D eigenvalue weighted by molar-refractivity contribution is 5.69. The van der Waals surface area contributed by atoms with Crippen LogP contribution in [0.25, 0.3) is 0 Å². The predicted molar refractivity (Wildman–Crippen MR) is 64.2 cm³/mol. The molecule has 0 radical (unpaired) electrons. The smallest absolute Gasteiger partial charge is 0.305 e. The lowest BCUT2D eigenvalue weighted by Crippen LogP contribution is -2.07. The summed E-state index contributed by atoms with van der Waals surface area (Å²) < 4.78 is 10.0. The van der Waals surface area contributed by atoms with Gasteiger partial charge in [-0.1, -0.05) is 0 Å². The molecule has 0 aromatic rings. The molecule has 0 atom stereocenters. The van der Waals surface area contributed by atoms with E-state index in [0.717, 1.165) is 12.8 Å². The summed E-state index contributed by atoms with van der Waals surface area (Å²) in [7, 11) is 0. The first-order valence-corrected chi connectivity index (χ1v) is 6.23. The highest BCUT2D eigenvalue weighted by Crippen LogP contribution is 2.02. The number of rotatable bonds is 12. The number of aliphatic hydroxyl groups is 1. The van der Waals surface area contributed by atoms with Gasteiger partial charge in [0.1, 0.15) is 0 Å². The summed E-state index contributed by atoms with van der Waals surface area (Å²) in [4.78, 5) is 21.4. The molecule has 18 heavy (non-hydrogen) atoms. The van der Waals surface area contributed by atoms with Gasteiger partial charge in [-0.15, -0.1) is 0 Å². The van der Waals surface area contributed by atoms with E-state index in [1.165, 1.54) is 0 Å². The molecular weight excluding hydrogens is 240 g/mol. The molecular formula is C12H22O6. The van der Waals surface area contributed by atoms with Crippen LogP contribution in [0.2, 0.25) is 0 Å². The summed E-state index contributed by atoms with van der Waals surface area (Å²) >= 11 is 0. The molecule has 0 saturated heterocycles. The van der Waals surface area contributed by atoms with Crippen molar-refractivity contribution in [1.82, 2.24) is 0 Å². The minimum absolute atomic E-state index is 0.0192. The van der Waals surface area contributed by atoms with Crippen molar-refractivity contribution in [3.8, 4) is 0 Å². The van der Waals surface area contributed by atoms with Crippen molar-refractivity contribution in [3.63, 3.8) is 0 Å². The standard InChI is InChI=1S/C12H22O6/c13-7-10-17-8-3-4-9-18-12(16)6-2-1-5-11(14)15/h13H,1-10H2,(H,14,15). The van der Waals surface area contributed by atoms with Crippen LogP contribution in [0.3, 0.4) is 0 Å². The molecule has 106 valence electrons. The summed E-state index contributed by atoms with van der Waals surface area (Å²) in [5, 5.41) is 16.8. The number of carboxylic acids is 1. The van der Waals surface area contributed by atoms with Crippen LogP contribution in [0.1, 0.15) is 38.5 Å². The molecule has 0 aliphatic heterocycles. The van der Waals surface area contributed by atoms with E-state index in [4.69, 9.17) is 19.7 Å². The number of esters is 1. The van der Waals surface area contributed by atoms with Gasteiger partial charge in [-0.3, -0.25) is 9.59 Å². The molecule has 0 amide bonds. The Morgan fingerprint density at radius 2 is 1.56 bits per heavy atom. The summed E-state index contributed by atoms with van der Waals surface area (Å²) in [5.74, 6) is -1.12. The van der Waals surface area contributed by atoms with Crippen molar-refractivity contribution < 1.29 is 29.3 Å². The second-order valence-corrected chi connectivity index (χ2v) is 3.86. The second-order valence-electron chi connectivity index (χ2n) is 3.86. The summed E-state index contributed by atoms with van der Waals surface area (Å²) in [6.45, 7) is 1.27.